The number of nitro benzene ring substituents is 1. The highest BCUT2D eigenvalue weighted by Crippen LogP contribution is 2.23. The lowest BCUT2D eigenvalue weighted by molar-refractivity contribution is -0.383. The van der Waals surface area contributed by atoms with Crippen LogP contribution in [0.25, 0.3) is 0 Å². The van der Waals surface area contributed by atoms with Gasteiger partial charge in [0, 0.05) is 31.3 Å². The van der Waals surface area contributed by atoms with Crippen LogP contribution in [-0.2, 0) is 11.3 Å². The highest BCUT2D eigenvalue weighted by Gasteiger charge is 2.20. The van der Waals surface area contributed by atoms with Crippen LogP contribution in [0.5, 0.6) is 0 Å². The van der Waals surface area contributed by atoms with Crippen molar-refractivity contribution in [3.8, 4) is 0 Å². The maximum Gasteiger partial charge on any atom is 0.292 e. The van der Waals surface area contributed by atoms with E-state index in [9.17, 15) is 19.3 Å². The maximum absolute atomic E-state index is 13.9. The van der Waals surface area contributed by atoms with Crippen LogP contribution < -0.4 is 5.32 Å². The van der Waals surface area contributed by atoms with Crippen LogP contribution in [0, 0.1) is 15.9 Å². The molecule has 0 unspecified atom stereocenters. The number of carbonyl (C=O) groups excluding carboxylic acids is 1. The maximum atomic E-state index is 13.9. The van der Waals surface area contributed by atoms with Gasteiger partial charge in [0.25, 0.3) is 5.69 Å². The molecule has 1 fully saturated rings. The fourth-order valence-corrected chi connectivity index (χ4v) is 3.34. The number of benzene rings is 2. The standard InChI is InChI=1S/C20H23FN4O3/c21-17-7-2-1-6-16(17)14-23-10-5-11-24(13-12-23)15-20(26)22-18-8-3-4-9-19(18)25(27)28/h1-4,6-9H,5,10-15H2,(H,22,26). The van der Waals surface area contributed by atoms with Crippen LogP contribution in [0.4, 0.5) is 15.8 Å². The van der Waals surface area contributed by atoms with Gasteiger partial charge in [-0.05, 0) is 31.6 Å². The monoisotopic (exact) mass is 386 g/mol. The molecule has 1 heterocycles. The molecule has 1 saturated heterocycles. The molecule has 1 aliphatic rings. The number of nitro groups is 1. The third-order valence-electron chi connectivity index (χ3n) is 4.77. The summed E-state index contributed by atoms with van der Waals surface area (Å²) < 4.78 is 13.9. The fraction of sp³-hybridized carbons (Fsp3) is 0.350. The van der Waals surface area contributed by atoms with Gasteiger partial charge in [-0.2, -0.15) is 0 Å². The van der Waals surface area contributed by atoms with Crippen molar-refractivity contribution in [2.45, 2.75) is 13.0 Å². The third kappa shape index (κ3) is 5.34. The predicted molar refractivity (Wildman–Crippen MR) is 104 cm³/mol. The molecule has 3 rings (SSSR count). The summed E-state index contributed by atoms with van der Waals surface area (Å²) in [6, 6.07) is 12.9. The largest absolute Gasteiger partial charge is 0.319 e. The van der Waals surface area contributed by atoms with Gasteiger partial charge in [0.05, 0.1) is 11.5 Å². The van der Waals surface area contributed by atoms with E-state index in [-0.39, 0.29) is 29.6 Å². The molecule has 28 heavy (non-hydrogen) atoms. The SMILES string of the molecule is O=C(CN1CCCN(Cc2ccccc2F)CC1)Nc1ccccc1[N+](=O)[O-]. The second kappa shape index (κ2) is 9.38. The molecule has 0 aromatic heterocycles. The van der Waals surface area contributed by atoms with Crippen molar-refractivity contribution >= 4 is 17.3 Å². The van der Waals surface area contributed by atoms with Gasteiger partial charge in [-0.15, -0.1) is 0 Å². The number of nitrogens with zero attached hydrogens (tertiary/aromatic N) is 3. The van der Waals surface area contributed by atoms with E-state index in [0.29, 0.717) is 18.7 Å². The zero-order valence-electron chi connectivity index (χ0n) is 15.5. The van der Waals surface area contributed by atoms with Gasteiger partial charge >= 0.3 is 0 Å². The molecule has 1 amide bonds. The van der Waals surface area contributed by atoms with Crippen LogP contribution in [0.1, 0.15) is 12.0 Å². The minimum absolute atomic E-state index is 0.122. The van der Waals surface area contributed by atoms with E-state index in [1.807, 2.05) is 11.0 Å². The Morgan fingerprint density at radius 2 is 1.71 bits per heavy atom. The van der Waals surface area contributed by atoms with E-state index < -0.39 is 4.92 Å². The van der Waals surface area contributed by atoms with Gasteiger partial charge in [-0.3, -0.25) is 24.7 Å². The lowest BCUT2D eigenvalue weighted by Gasteiger charge is -2.21. The number of hydrogen-bond donors (Lipinski definition) is 1. The Balaban J connectivity index is 1.53. The quantitative estimate of drug-likeness (QED) is 0.610. The number of para-hydroxylation sites is 2. The molecule has 2 aromatic rings. The Bertz CT molecular complexity index is 846. The van der Waals surface area contributed by atoms with Crippen LogP contribution in [0.3, 0.4) is 0 Å². The van der Waals surface area contributed by atoms with E-state index in [4.69, 9.17) is 0 Å². The number of amides is 1. The number of carbonyl (C=O) groups is 1. The number of hydrogen-bond acceptors (Lipinski definition) is 5. The zero-order chi connectivity index (χ0) is 19.9. The minimum Gasteiger partial charge on any atom is -0.319 e. The van der Waals surface area contributed by atoms with Crippen molar-refractivity contribution in [1.82, 2.24) is 9.80 Å². The third-order valence-corrected chi connectivity index (χ3v) is 4.77. The Hall–Kier alpha value is -2.84. The Labute approximate surface area is 162 Å². The van der Waals surface area contributed by atoms with E-state index >= 15 is 0 Å². The first kappa shape index (κ1) is 19.9. The topological polar surface area (TPSA) is 78.7 Å². The average Bonchev–Trinajstić information content (AvgIpc) is 2.89. The fourth-order valence-electron chi connectivity index (χ4n) is 3.34. The van der Waals surface area contributed by atoms with Crippen molar-refractivity contribution in [3.05, 3.63) is 70.0 Å². The Kier molecular flexibility index (Phi) is 6.67. The first-order valence-electron chi connectivity index (χ1n) is 9.24. The molecule has 7 nitrogen and oxygen atoms in total. The normalized spacial score (nSPS) is 15.8. The first-order chi connectivity index (χ1) is 13.5. The number of rotatable bonds is 6. The molecule has 0 spiro atoms. The summed E-state index contributed by atoms with van der Waals surface area (Å²) in [5, 5.41) is 13.7. The Morgan fingerprint density at radius 1 is 1.04 bits per heavy atom. The molecule has 148 valence electrons. The van der Waals surface area contributed by atoms with E-state index in [0.717, 1.165) is 26.1 Å². The van der Waals surface area contributed by atoms with Crippen molar-refractivity contribution in [2.24, 2.45) is 0 Å². The number of halogens is 1. The second-order valence-corrected chi connectivity index (χ2v) is 6.82. The molecule has 0 bridgehead atoms. The molecule has 8 heteroatoms. The second-order valence-electron chi connectivity index (χ2n) is 6.82. The van der Waals surface area contributed by atoms with Gasteiger partial charge in [0.2, 0.25) is 5.91 Å². The Morgan fingerprint density at radius 3 is 2.50 bits per heavy atom. The lowest BCUT2D eigenvalue weighted by atomic mass is 10.2. The van der Waals surface area contributed by atoms with Crippen molar-refractivity contribution in [3.63, 3.8) is 0 Å². The molecule has 1 aliphatic heterocycles. The highest BCUT2D eigenvalue weighted by molar-refractivity contribution is 5.94. The molecular formula is C20H23FN4O3. The molecule has 0 saturated carbocycles. The van der Waals surface area contributed by atoms with Crippen LogP contribution in [0.15, 0.2) is 48.5 Å². The summed E-state index contributed by atoms with van der Waals surface area (Å²) in [4.78, 5) is 27.1. The van der Waals surface area contributed by atoms with Crippen molar-refractivity contribution in [2.75, 3.05) is 38.0 Å². The van der Waals surface area contributed by atoms with Gasteiger partial charge < -0.3 is 5.32 Å². The van der Waals surface area contributed by atoms with Gasteiger partial charge in [0.1, 0.15) is 11.5 Å². The highest BCUT2D eigenvalue weighted by atomic mass is 19.1. The summed E-state index contributed by atoms with van der Waals surface area (Å²) in [7, 11) is 0. The van der Waals surface area contributed by atoms with Crippen molar-refractivity contribution < 1.29 is 14.1 Å². The van der Waals surface area contributed by atoms with E-state index in [2.05, 4.69) is 10.2 Å². The van der Waals surface area contributed by atoms with Crippen molar-refractivity contribution in [1.29, 1.82) is 0 Å². The van der Waals surface area contributed by atoms with Crippen LogP contribution in [0.2, 0.25) is 0 Å². The summed E-state index contributed by atoms with van der Waals surface area (Å²) in [5.41, 5.74) is 0.751. The van der Waals surface area contributed by atoms with E-state index in [1.54, 1.807) is 24.3 Å². The van der Waals surface area contributed by atoms with Gasteiger partial charge in [0.15, 0.2) is 0 Å². The number of anilines is 1. The molecule has 2 aromatic carbocycles. The van der Waals surface area contributed by atoms with Crippen LogP contribution >= 0.6 is 0 Å². The van der Waals surface area contributed by atoms with Gasteiger partial charge in [-0.1, -0.05) is 30.3 Å². The summed E-state index contributed by atoms with van der Waals surface area (Å²) in [6.07, 6.45) is 0.868. The van der Waals surface area contributed by atoms with Crippen LogP contribution in [-0.4, -0.2) is 53.4 Å². The van der Waals surface area contributed by atoms with E-state index in [1.165, 1.54) is 18.2 Å². The predicted octanol–water partition coefficient (Wildman–Crippen LogP) is 2.88. The zero-order valence-corrected chi connectivity index (χ0v) is 15.5. The molecule has 0 atom stereocenters. The summed E-state index contributed by atoms with van der Waals surface area (Å²) >= 11 is 0. The lowest BCUT2D eigenvalue weighted by Crippen LogP contribution is -2.36. The molecule has 0 aliphatic carbocycles. The smallest absolute Gasteiger partial charge is 0.292 e. The number of nitrogens with one attached hydrogen (secondary N) is 1. The minimum atomic E-state index is -0.512. The average molecular weight is 386 g/mol. The first-order valence-corrected chi connectivity index (χ1v) is 9.24. The molecule has 0 radical (unpaired) electrons. The summed E-state index contributed by atoms with van der Waals surface area (Å²) in [5.74, 6) is -0.482. The van der Waals surface area contributed by atoms with Gasteiger partial charge in [-0.25, -0.2) is 4.39 Å². The summed E-state index contributed by atoms with van der Waals surface area (Å²) in [6.45, 7) is 3.70. The molecule has 1 N–H and O–H groups in total. The molecular weight excluding hydrogens is 363 g/mol.